The summed E-state index contributed by atoms with van der Waals surface area (Å²) in [4.78, 5) is 2.21. The topological polar surface area (TPSA) is 42.4 Å². The van der Waals surface area contributed by atoms with Gasteiger partial charge in [0, 0.05) is 6.54 Å². The van der Waals surface area contributed by atoms with Crippen LogP contribution in [0.4, 0.5) is 0 Å². The van der Waals surface area contributed by atoms with Crippen LogP contribution in [0.25, 0.3) is 0 Å². The zero-order valence-corrected chi connectivity index (χ0v) is 10.3. The summed E-state index contributed by atoms with van der Waals surface area (Å²) < 4.78 is 6.41. The number of likely N-dealkylation sites (N-methyl/N-ethyl adjacent to an activating group) is 1. The molecule has 3 nitrogen and oxygen atoms in total. The Bertz CT molecular complexity index is 275. The van der Waals surface area contributed by atoms with Crippen molar-refractivity contribution in [3.8, 4) is 0 Å². The van der Waals surface area contributed by atoms with Crippen LogP contribution in [0.1, 0.15) is 25.1 Å². The van der Waals surface area contributed by atoms with Gasteiger partial charge in [-0.05, 0) is 42.0 Å². The highest BCUT2D eigenvalue weighted by molar-refractivity contribution is 9.10. The third-order valence-corrected chi connectivity index (χ3v) is 2.93. The molecule has 0 spiro atoms. The third-order valence-electron chi connectivity index (χ3n) is 2.28. The number of nitrogens with zero attached hydrogens (tertiary/aromatic N) is 1. The Morgan fingerprint density at radius 2 is 2.36 bits per heavy atom. The van der Waals surface area contributed by atoms with Gasteiger partial charge in [0.15, 0.2) is 0 Å². The molecule has 14 heavy (non-hydrogen) atoms. The molecule has 1 aromatic heterocycles. The highest BCUT2D eigenvalue weighted by Crippen LogP contribution is 2.27. The minimum atomic E-state index is 0.166. The van der Waals surface area contributed by atoms with Crippen LogP contribution in [0.15, 0.2) is 21.2 Å². The van der Waals surface area contributed by atoms with E-state index in [-0.39, 0.29) is 6.04 Å². The van der Waals surface area contributed by atoms with Crippen LogP contribution in [0.2, 0.25) is 0 Å². The van der Waals surface area contributed by atoms with Gasteiger partial charge in [0.25, 0.3) is 0 Å². The lowest BCUT2D eigenvalue weighted by atomic mass is 10.2. The van der Waals surface area contributed by atoms with Gasteiger partial charge in [0.2, 0.25) is 0 Å². The van der Waals surface area contributed by atoms with Gasteiger partial charge < -0.3 is 10.2 Å². The SMILES string of the molecule is CCCN(C)C(CN)c1occc1Br. The van der Waals surface area contributed by atoms with E-state index in [2.05, 4.69) is 34.8 Å². The standard InChI is InChI=1S/C10H17BrN2O/c1-3-5-13(2)9(7-12)10-8(11)4-6-14-10/h4,6,9H,3,5,7,12H2,1-2H3. The maximum atomic E-state index is 5.74. The largest absolute Gasteiger partial charge is 0.466 e. The zero-order chi connectivity index (χ0) is 10.6. The summed E-state index contributed by atoms with van der Waals surface area (Å²) in [6, 6.07) is 2.07. The number of hydrogen-bond donors (Lipinski definition) is 1. The summed E-state index contributed by atoms with van der Waals surface area (Å²) in [7, 11) is 2.07. The first-order chi connectivity index (χ1) is 6.70. The molecule has 0 amide bonds. The molecule has 0 bridgehead atoms. The predicted molar refractivity (Wildman–Crippen MR) is 61.1 cm³/mol. The Morgan fingerprint density at radius 3 is 2.79 bits per heavy atom. The maximum absolute atomic E-state index is 5.74. The molecule has 0 fully saturated rings. The molecule has 4 heteroatoms. The van der Waals surface area contributed by atoms with Crippen LogP contribution >= 0.6 is 15.9 Å². The van der Waals surface area contributed by atoms with E-state index in [9.17, 15) is 0 Å². The second kappa shape index (κ2) is 5.53. The lowest BCUT2D eigenvalue weighted by molar-refractivity contribution is 0.220. The number of hydrogen-bond acceptors (Lipinski definition) is 3. The molecule has 0 aromatic carbocycles. The van der Waals surface area contributed by atoms with Crippen molar-refractivity contribution in [2.45, 2.75) is 19.4 Å². The smallest absolute Gasteiger partial charge is 0.136 e. The normalized spacial score (nSPS) is 13.5. The van der Waals surface area contributed by atoms with Gasteiger partial charge in [-0.3, -0.25) is 4.90 Å². The number of rotatable bonds is 5. The second-order valence-electron chi connectivity index (χ2n) is 3.36. The Kier molecular flexibility index (Phi) is 4.65. The van der Waals surface area contributed by atoms with Crippen LogP contribution in [0, 0.1) is 0 Å². The molecular formula is C10H17BrN2O. The quantitative estimate of drug-likeness (QED) is 0.884. The summed E-state index contributed by atoms with van der Waals surface area (Å²) >= 11 is 3.45. The van der Waals surface area contributed by atoms with Crippen molar-refractivity contribution in [2.75, 3.05) is 20.1 Å². The Morgan fingerprint density at radius 1 is 1.64 bits per heavy atom. The molecule has 0 radical (unpaired) electrons. The highest BCUT2D eigenvalue weighted by Gasteiger charge is 2.20. The van der Waals surface area contributed by atoms with E-state index in [4.69, 9.17) is 10.2 Å². The Labute approximate surface area is 93.4 Å². The van der Waals surface area contributed by atoms with Crippen LogP contribution in [-0.4, -0.2) is 25.0 Å². The Balaban J connectivity index is 2.76. The van der Waals surface area contributed by atoms with Crippen LogP contribution in [0.3, 0.4) is 0 Å². The molecule has 0 aliphatic rings. The summed E-state index contributed by atoms with van der Waals surface area (Å²) in [6.45, 7) is 3.75. The first-order valence-corrected chi connectivity index (χ1v) is 5.63. The van der Waals surface area contributed by atoms with E-state index in [1.807, 2.05) is 6.07 Å². The summed E-state index contributed by atoms with van der Waals surface area (Å²) in [5.74, 6) is 0.920. The first-order valence-electron chi connectivity index (χ1n) is 4.83. The maximum Gasteiger partial charge on any atom is 0.136 e. The van der Waals surface area contributed by atoms with Crippen molar-refractivity contribution in [1.29, 1.82) is 0 Å². The lowest BCUT2D eigenvalue weighted by Gasteiger charge is -2.24. The summed E-state index contributed by atoms with van der Waals surface area (Å²) in [5, 5.41) is 0. The molecular weight excluding hydrogens is 244 g/mol. The van der Waals surface area contributed by atoms with Gasteiger partial charge in [0.1, 0.15) is 5.76 Å². The van der Waals surface area contributed by atoms with Crippen LogP contribution in [0.5, 0.6) is 0 Å². The molecule has 1 atom stereocenters. The molecule has 1 aromatic rings. The zero-order valence-electron chi connectivity index (χ0n) is 8.66. The van der Waals surface area contributed by atoms with Crippen molar-refractivity contribution in [2.24, 2.45) is 5.73 Å². The van der Waals surface area contributed by atoms with E-state index in [1.165, 1.54) is 0 Å². The summed E-state index contributed by atoms with van der Waals surface area (Å²) in [5.41, 5.74) is 5.74. The van der Waals surface area contributed by atoms with Gasteiger partial charge in [-0.25, -0.2) is 0 Å². The number of furan rings is 1. The third kappa shape index (κ3) is 2.59. The van der Waals surface area contributed by atoms with Gasteiger partial charge >= 0.3 is 0 Å². The van der Waals surface area contributed by atoms with Gasteiger partial charge in [-0.1, -0.05) is 6.92 Å². The molecule has 0 aliphatic heterocycles. The average Bonchev–Trinajstić information content (AvgIpc) is 2.54. The molecule has 2 N–H and O–H groups in total. The fourth-order valence-electron chi connectivity index (χ4n) is 1.54. The van der Waals surface area contributed by atoms with Crippen LogP contribution in [-0.2, 0) is 0 Å². The minimum absolute atomic E-state index is 0.166. The van der Waals surface area contributed by atoms with Crippen molar-refractivity contribution >= 4 is 15.9 Å². The van der Waals surface area contributed by atoms with E-state index in [1.54, 1.807) is 6.26 Å². The van der Waals surface area contributed by atoms with Gasteiger partial charge in [0.05, 0.1) is 16.8 Å². The lowest BCUT2D eigenvalue weighted by Crippen LogP contribution is -2.31. The molecule has 0 saturated carbocycles. The second-order valence-corrected chi connectivity index (χ2v) is 4.22. The van der Waals surface area contributed by atoms with Crippen molar-refractivity contribution < 1.29 is 4.42 Å². The van der Waals surface area contributed by atoms with Gasteiger partial charge in [-0.15, -0.1) is 0 Å². The molecule has 0 saturated heterocycles. The van der Waals surface area contributed by atoms with Crippen molar-refractivity contribution in [3.63, 3.8) is 0 Å². The van der Waals surface area contributed by atoms with Crippen molar-refractivity contribution in [3.05, 3.63) is 22.6 Å². The summed E-state index contributed by atoms with van der Waals surface area (Å²) in [6.07, 6.45) is 2.80. The van der Waals surface area contributed by atoms with Gasteiger partial charge in [-0.2, -0.15) is 0 Å². The molecule has 80 valence electrons. The van der Waals surface area contributed by atoms with E-state index in [0.717, 1.165) is 23.2 Å². The van der Waals surface area contributed by atoms with E-state index >= 15 is 0 Å². The predicted octanol–water partition coefficient (Wildman–Crippen LogP) is 2.38. The molecule has 1 heterocycles. The minimum Gasteiger partial charge on any atom is -0.466 e. The fraction of sp³-hybridized carbons (Fsp3) is 0.600. The molecule has 0 aliphatic carbocycles. The highest BCUT2D eigenvalue weighted by atomic mass is 79.9. The number of halogens is 1. The average molecular weight is 261 g/mol. The molecule has 1 unspecified atom stereocenters. The van der Waals surface area contributed by atoms with Crippen LogP contribution < -0.4 is 5.73 Å². The fourth-order valence-corrected chi connectivity index (χ4v) is 2.00. The first kappa shape index (κ1) is 11.8. The molecule has 1 rings (SSSR count). The van der Waals surface area contributed by atoms with E-state index < -0.39 is 0 Å². The number of nitrogens with two attached hydrogens (primary N) is 1. The van der Waals surface area contributed by atoms with Crippen molar-refractivity contribution in [1.82, 2.24) is 4.90 Å². The van der Waals surface area contributed by atoms with E-state index in [0.29, 0.717) is 6.54 Å². The Hall–Kier alpha value is -0.320. The monoisotopic (exact) mass is 260 g/mol.